The van der Waals surface area contributed by atoms with Gasteiger partial charge in [0.2, 0.25) is 5.91 Å². The minimum Gasteiger partial charge on any atom is -0.366 e. The number of anilines is 1. The fourth-order valence-electron chi connectivity index (χ4n) is 1.97. The van der Waals surface area contributed by atoms with Crippen molar-refractivity contribution in [2.45, 2.75) is 6.18 Å². The number of hydrogen-bond donors (Lipinski definition) is 2. The molecule has 130 valence electrons. The van der Waals surface area contributed by atoms with Gasteiger partial charge in [-0.3, -0.25) is 19.7 Å². The Morgan fingerprint density at radius 3 is 2.16 bits per heavy atom. The maximum Gasteiger partial charge on any atom is 0.416 e. The Labute approximate surface area is 138 Å². The molecule has 0 bridgehead atoms. The summed E-state index contributed by atoms with van der Waals surface area (Å²) in [7, 11) is 0. The lowest BCUT2D eigenvalue weighted by atomic mass is 10.1. The molecule has 0 atom stereocenters. The van der Waals surface area contributed by atoms with Gasteiger partial charge in [0.15, 0.2) is 0 Å². The van der Waals surface area contributed by atoms with Crippen LogP contribution < -0.4 is 11.1 Å². The van der Waals surface area contributed by atoms with Crippen molar-refractivity contribution in [2.75, 3.05) is 5.32 Å². The minimum atomic E-state index is -4.77. The highest BCUT2D eigenvalue weighted by Gasteiger charge is 2.34. The molecule has 7 nitrogen and oxygen atoms in total. The van der Waals surface area contributed by atoms with Gasteiger partial charge in [-0.15, -0.1) is 0 Å². The van der Waals surface area contributed by atoms with Crippen LogP contribution in [0.2, 0.25) is 0 Å². The van der Waals surface area contributed by atoms with Crippen molar-refractivity contribution < 1.29 is 27.7 Å². The fraction of sp³-hybridized carbons (Fsp3) is 0.0667. The van der Waals surface area contributed by atoms with Gasteiger partial charge in [-0.2, -0.15) is 13.2 Å². The van der Waals surface area contributed by atoms with E-state index in [1.54, 1.807) is 0 Å². The maximum absolute atomic E-state index is 12.7. The number of carbonyl (C=O) groups is 2. The SMILES string of the molecule is NC(=O)c1ccc(NC(=O)c2ccc(C(F)(F)F)cc2[N+](=O)[O-])cc1. The lowest BCUT2D eigenvalue weighted by Gasteiger charge is -2.09. The van der Waals surface area contributed by atoms with Crippen molar-refractivity contribution in [2.24, 2.45) is 5.73 Å². The summed E-state index contributed by atoms with van der Waals surface area (Å²) in [6.45, 7) is 0. The minimum absolute atomic E-state index is 0.179. The van der Waals surface area contributed by atoms with Crippen molar-refractivity contribution >= 4 is 23.2 Å². The Bertz CT molecular complexity index is 848. The monoisotopic (exact) mass is 353 g/mol. The van der Waals surface area contributed by atoms with E-state index in [4.69, 9.17) is 5.73 Å². The predicted octanol–water partition coefficient (Wildman–Crippen LogP) is 2.96. The topological polar surface area (TPSA) is 115 Å². The second-order valence-corrected chi connectivity index (χ2v) is 4.88. The van der Waals surface area contributed by atoms with Gasteiger partial charge in [0.05, 0.1) is 10.5 Å². The zero-order valence-corrected chi connectivity index (χ0v) is 12.3. The number of nitrogens with zero attached hydrogens (tertiary/aromatic N) is 1. The number of benzene rings is 2. The molecule has 0 radical (unpaired) electrons. The Kier molecular flexibility index (Phi) is 4.72. The number of carbonyl (C=O) groups excluding carboxylic acids is 2. The van der Waals surface area contributed by atoms with Gasteiger partial charge in [0.25, 0.3) is 11.6 Å². The van der Waals surface area contributed by atoms with Gasteiger partial charge in [-0.05, 0) is 36.4 Å². The summed E-state index contributed by atoms with van der Waals surface area (Å²) in [4.78, 5) is 33.0. The summed E-state index contributed by atoms with van der Waals surface area (Å²) in [6.07, 6.45) is -4.77. The molecular weight excluding hydrogens is 343 g/mol. The van der Waals surface area contributed by atoms with Crippen LogP contribution in [-0.2, 0) is 6.18 Å². The normalized spacial score (nSPS) is 11.0. The molecule has 0 heterocycles. The second-order valence-electron chi connectivity index (χ2n) is 4.88. The molecule has 0 aromatic heterocycles. The fourth-order valence-corrected chi connectivity index (χ4v) is 1.97. The van der Waals surface area contributed by atoms with Crippen LogP contribution in [0.25, 0.3) is 0 Å². The number of rotatable bonds is 4. The van der Waals surface area contributed by atoms with Crippen LogP contribution in [0.4, 0.5) is 24.5 Å². The van der Waals surface area contributed by atoms with Crippen molar-refractivity contribution in [1.29, 1.82) is 0 Å². The van der Waals surface area contributed by atoms with Gasteiger partial charge in [-0.1, -0.05) is 0 Å². The average Bonchev–Trinajstić information content (AvgIpc) is 2.53. The van der Waals surface area contributed by atoms with Crippen LogP contribution in [0, 0.1) is 10.1 Å². The van der Waals surface area contributed by atoms with Gasteiger partial charge in [0, 0.05) is 17.3 Å². The van der Waals surface area contributed by atoms with E-state index in [9.17, 15) is 32.9 Å². The molecule has 10 heteroatoms. The van der Waals surface area contributed by atoms with Crippen LogP contribution in [-0.4, -0.2) is 16.7 Å². The molecule has 2 aromatic carbocycles. The first kappa shape index (κ1) is 17.9. The molecule has 0 unspecified atom stereocenters. The Morgan fingerprint density at radius 2 is 1.68 bits per heavy atom. The molecule has 2 amide bonds. The highest BCUT2D eigenvalue weighted by Crippen LogP contribution is 2.33. The van der Waals surface area contributed by atoms with E-state index < -0.39 is 39.7 Å². The molecule has 0 saturated heterocycles. The highest BCUT2D eigenvalue weighted by atomic mass is 19.4. The molecule has 0 aliphatic carbocycles. The van der Waals surface area contributed by atoms with Crippen LogP contribution in [0.3, 0.4) is 0 Å². The first-order valence-corrected chi connectivity index (χ1v) is 6.66. The number of nitrogens with two attached hydrogens (primary N) is 1. The number of nitro groups is 1. The molecule has 0 saturated carbocycles. The zero-order chi connectivity index (χ0) is 18.8. The number of hydrogen-bond acceptors (Lipinski definition) is 4. The molecule has 0 aliphatic rings. The second kappa shape index (κ2) is 6.59. The number of halogens is 3. The average molecular weight is 353 g/mol. The number of alkyl halides is 3. The van der Waals surface area contributed by atoms with E-state index >= 15 is 0 Å². The Morgan fingerprint density at radius 1 is 1.08 bits per heavy atom. The van der Waals surface area contributed by atoms with E-state index in [1.807, 2.05) is 0 Å². The summed E-state index contributed by atoms with van der Waals surface area (Å²) in [5.41, 5.74) is 2.69. The number of primary amides is 1. The van der Waals surface area contributed by atoms with Gasteiger partial charge in [0.1, 0.15) is 5.56 Å². The van der Waals surface area contributed by atoms with E-state index in [-0.39, 0.29) is 11.3 Å². The van der Waals surface area contributed by atoms with Gasteiger partial charge in [-0.25, -0.2) is 0 Å². The lowest BCUT2D eigenvalue weighted by Crippen LogP contribution is -2.16. The first-order valence-electron chi connectivity index (χ1n) is 6.66. The summed E-state index contributed by atoms with van der Waals surface area (Å²) >= 11 is 0. The van der Waals surface area contributed by atoms with Crippen molar-refractivity contribution in [3.63, 3.8) is 0 Å². The molecule has 0 spiro atoms. The Hall–Kier alpha value is -3.43. The third kappa shape index (κ3) is 4.10. The van der Waals surface area contributed by atoms with E-state index in [2.05, 4.69) is 5.32 Å². The maximum atomic E-state index is 12.7. The van der Waals surface area contributed by atoms with Crippen molar-refractivity contribution in [1.82, 2.24) is 0 Å². The third-order valence-corrected chi connectivity index (χ3v) is 3.19. The number of nitro benzene ring substituents is 1. The first-order chi connectivity index (χ1) is 11.6. The summed E-state index contributed by atoms with van der Waals surface area (Å²) in [6, 6.07) is 6.90. The van der Waals surface area contributed by atoms with Gasteiger partial charge < -0.3 is 11.1 Å². The standard InChI is InChI=1S/C15H10F3N3O4/c16-15(17,18)9-3-6-11(12(7-9)21(24)25)14(23)20-10-4-1-8(2-5-10)13(19)22/h1-7H,(H2,19,22)(H,20,23). The largest absolute Gasteiger partial charge is 0.416 e. The molecular formula is C15H10F3N3O4. The number of amides is 2. The van der Waals surface area contributed by atoms with Gasteiger partial charge >= 0.3 is 6.18 Å². The van der Waals surface area contributed by atoms with Crippen LogP contribution >= 0.6 is 0 Å². The van der Waals surface area contributed by atoms with Crippen LogP contribution in [0.1, 0.15) is 26.3 Å². The zero-order valence-electron chi connectivity index (χ0n) is 12.3. The summed E-state index contributed by atoms with van der Waals surface area (Å²) in [5.74, 6) is -1.65. The van der Waals surface area contributed by atoms with Crippen LogP contribution in [0.5, 0.6) is 0 Å². The predicted molar refractivity (Wildman–Crippen MR) is 81.0 cm³/mol. The summed E-state index contributed by atoms with van der Waals surface area (Å²) in [5, 5.41) is 13.3. The highest BCUT2D eigenvalue weighted by molar-refractivity contribution is 6.07. The molecule has 0 fully saturated rings. The molecule has 2 rings (SSSR count). The molecule has 3 N–H and O–H groups in total. The third-order valence-electron chi connectivity index (χ3n) is 3.19. The van der Waals surface area contributed by atoms with E-state index in [0.717, 1.165) is 6.07 Å². The lowest BCUT2D eigenvalue weighted by molar-refractivity contribution is -0.385. The van der Waals surface area contributed by atoms with E-state index in [1.165, 1.54) is 24.3 Å². The molecule has 0 aliphatic heterocycles. The summed E-state index contributed by atoms with van der Waals surface area (Å²) < 4.78 is 38.0. The van der Waals surface area contributed by atoms with E-state index in [0.29, 0.717) is 12.1 Å². The van der Waals surface area contributed by atoms with Crippen LogP contribution in [0.15, 0.2) is 42.5 Å². The van der Waals surface area contributed by atoms with Crippen molar-refractivity contribution in [3.8, 4) is 0 Å². The quantitative estimate of drug-likeness (QED) is 0.649. The Balaban J connectivity index is 2.32. The molecule has 2 aromatic rings. The smallest absolute Gasteiger partial charge is 0.366 e. The number of nitrogens with one attached hydrogen (secondary N) is 1. The van der Waals surface area contributed by atoms with Crippen molar-refractivity contribution in [3.05, 3.63) is 69.3 Å². The molecule has 25 heavy (non-hydrogen) atoms.